The molecule has 4 rings (SSSR count). The number of unbranched alkanes of at least 4 members (excludes halogenated alkanes) is 1. The molecule has 1 aliphatic heterocycles. The monoisotopic (exact) mass is 519 g/mol. The summed E-state index contributed by atoms with van der Waals surface area (Å²) < 4.78 is 6.30. The summed E-state index contributed by atoms with van der Waals surface area (Å²) in [7, 11) is 0. The quantitative estimate of drug-likeness (QED) is 0.305. The second-order valence-electron chi connectivity index (χ2n) is 10.1. The Morgan fingerprint density at radius 1 is 1.00 bits per heavy atom. The third-order valence-electron chi connectivity index (χ3n) is 6.82. The Balaban J connectivity index is 1.48. The molecule has 0 aromatic heterocycles. The van der Waals surface area contributed by atoms with Crippen LogP contribution < -0.4 is 4.74 Å². The molecule has 0 spiro atoms. The van der Waals surface area contributed by atoms with Gasteiger partial charge in [-0.25, -0.2) is 0 Å². The number of amides is 1. The third-order valence-corrected chi connectivity index (χ3v) is 7.07. The summed E-state index contributed by atoms with van der Waals surface area (Å²) in [6, 6.07) is 21.6. The maximum absolute atomic E-state index is 13.5. The van der Waals surface area contributed by atoms with Gasteiger partial charge in [0.2, 0.25) is 0 Å². The summed E-state index contributed by atoms with van der Waals surface area (Å²) in [6.07, 6.45) is 4.62. The SMILES string of the molecule is CCCCc1ccc(CN(CCC(=O)O)C(=O)c2ccc3c(c2)C[C@](C)(Cc2ccc(Cl)cc2)O3)cc1. The van der Waals surface area contributed by atoms with Crippen LogP contribution in [0, 0.1) is 0 Å². The maximum Gasteiger partial charge on any atom is 0.305 e. The normalized spacial score (nSPS) is 16.2. The van der Waals surface area contributed by atoms with Crippen molar-refractivity contribution >= 4 is 23.5 Å². The Labute approximate surface area is 224 Å². The molecular formula is C31H34ClNO4. The van der Waals surface area contributed by atoms with E-state index in [9.17, 15) is 14.7 Å². The number of hydrogen-bond donors (Lipinski definition) is 1. The lowest BCUT2D eigenvalue weighted by molar-refractivity contribution is -0.137. The lowest BCUT2D eigenvalue weighted by atomic mass is 9.91. The number of aryl methyl sites for hydroxylation is 1. The summed E-state index contributed by atoms with van der Waals surface area (Å²) in [5.74, 6) is -0.314. The lowest BCUT2D eigenvalue weighted by Gasteiger charge is -2.24. The van der Waals surface area contributed by atoms with E-state index in [0.717, 1.165) is 48.1 Å². The fourth-order valence-electron chi connectivity index (χ4n) is 4.87. The van der Waals surface area contributed by atoms with Crippen LogP contribution in [0.15, 0.2) is 66.7 Å². The molecule has 0 saturated heterocycles. The van der Waals surface area contributed by atoms with Crippen molar-refractivity contribution in [1.82, 2.24) is 4.90 Å². The van der Waals surface area contributed by atoms with E-state index < -0.39 is 11.6 Å². The summed E-state index contributed by atoms with van der Waals surface area (Å²) in [5, 5.41) is 9.96. The Kier molecular flexibility index (Phi) is 8.55. The topological polar surface area (TPSA) is 66.8 Å². The molecule has 0 fully saturated rings. The molecule has 1 amide bonds. The number of ether oxygens (including phenoxy) is 1. The van der Waals surface area contributed by atoms with Gasteiger partial charge < -0.3 is 14.7 Å². The van der Waals surface area contributed by atoms with E-state index in [1.807, 2.05) is 48.5 Å². The van der Waals surface area contributed by atoms with Crippen LogP contribution in [0.5, 0.6) is 5.75 Å². The zero-order chi connectivity index (χ0) is 26.4. The number of hydrogen-bond acceptors (Lipinski definition) is 3. The van der Waals surface area contributed by atoms with Crippen LogP contribution in [0.3, 0.4) is 0 Å². The van der Waals surface area contributed by atoms with E-state index >= 15 is 0 Å². The molecule has 0 radical (unpaired) electrons. The van der Waals surface area contributed by atoms with Crippen LogP contribution in [-0.2, 0) is 30.6 Å². The molecule has 37 heavy (non-hydrogen) atoms. The molecule has 5 nitrogen and oxygen atoms in total. The van der Waals surface area contributed by atoms with Crippen molar-refractivity contribution in [3.63, 3.8) is 0 Å². The second-order valence-corrected chi connectivity index (χ2v) is 10.6. The summed E-state index contributed by atoms with van der Waals surface area (Å²) in [4.78, 5) is 26.5. The van der Waals surface area contributed by atoms with Crippen LogP contribution in [0.2, 0.25) is 5.02 Å². The number of rotatable bonds is 11. The smallest absolute Gasteiger partial charge is 0.305 e. The molecule has 1 atom stereocenters. The minimum absolute atomic E-state index is 0.104. The Bertz CT molecular complexity index is 1240. The van der Waals surface area contributed by atoms with Crippen molar-refractivity contribution in [3.05, 3.63) is 99.6 Å². The molecule has 3 aromatic carbocycles. The minimum atomic E-state index is -0.923. The Morgan fingerprint density at radius 2 is 1.68 bits per heavy atom. The van der Waals surface area contributed by atoms with Crippen molar-refractivity contribution in [3.8, 4) is 5.75 Å². The van der Waals surface area contributed by atoms with Crippen LogP contribution in [0.4, 0.5) is 0 Å². The minimum Gasteiger partial charge on any atom is -0.487 e. The van der Waals surface area contributed by atoms with E-state index in [1.165, 1.54) is 5.56 Å². The van der Waals surface area contributed by atoms with E-state index in [4.69, 9.17) is 16.3 Å². The maximum atomic E-state index is 13.5. The van der Waals surface area contributed by atoms with Gasteiger partial charge in [0.15, 0.2) is 0 Å². The van der Waals surface area contributed by atoms with Crippen molar-refractivity contribution in [2.75, 3.05) is 6.54 Å². The number of nitrogens with zero attached hydrogens (tertiary/aromatic N) is 1. The Morgan fingerprint density at radius 3 is 2.35 bits per heavy atom. The lowest BCUT2D eigenvalue weighted by Crippen LogP contribution is -2.33. The molecule has 1 N–H and O–H groups in total. The number of carbonyl (C=O) groups excluding carboxylic acids is 1. The van der Waals surface area contributed by atoms with Gasteiger partial charge in [-0.1, -0.05) is 61.3 Å². The van der Waals surface area contributed by atoms with Gasteiger partial charge in [-0.15, -0.1) is 0 Å². The first-order valence-electron chi connectivity index (χ1n) is 12.9. The Hall–Kier alpha value is -3.31. The molecule has 3 aromatic rings. The van der Waals surface area contributed by atoms with Crippen LogP contribution in [0.25, 0.3) is 0 Å². The summed E-state index contributed by atoms with van der Waals surface area (Å²) in [5.41, 5.74) is 4.51. The molecule has 0 saturated carbocycles. The first kappa shape index (κ1) is 26.7. The fraction of sp³-hybridized carbons (Fsp3) is 0.355. The summed E-state index contributed by atoms with van der Waals surface area (Å²) >= 11 is 6.02. The molecular weight excluding hydrogens is 486 g/mol. The molecule has 0 unspecified atom stereocenters. The number of carboxylic acid groups (broad SMARTS) is 1. The third kappa shape index (κ3) is 7.14. The molecule has 0 bridgehead atoms. The predicted octanol–water partition coefficient (Wildman–Crippen LogP) is 6.74. The molecule has 194 valence electrons. The average molecular weight is 520 g/mol. The van der Waals surface area contributed by atoms with Gasteiger partial charge in [0, 0.05) is 36.5 Å². The van der Waals surface area contributed by atoms with Crippen molar-refractivity contribution in [1.29, 1.82) is 0 Å². The predicted molar refractivity (Wildman–Crippen MR) is 146 cm³/mol. The fourth-order valence-corrected chi connectivity index (χ4v) is 4.99. The highest BCUT2D eigenvalue weighted by Gasteiger charge is 2.35. The highest BCUT2D eigenvalue weighted by atomic mass is 35.5. The van der Waals surface area contributed by atoms with Crippen molar-refractivity contribution < 1.29 is 19.4 Å². The first-order valence-corrected chi connectivity index (χ1v) is 13.3. The number of fused-ring (bicyclic) bond motifs is 1. The zero-order valence-electron chi connectivity index (χ0n) is 21.5. The van der Waals surface area contributed by atoms with Gasteiger partial charge in [0.1, 0.15) is 11.4 Å². The van der Waals surface area contributed by atoms with Crippen molar-refractivity contribution in [2.24, 2.45) is 0 Å². The van der Waals surface area contributed by atoms with Crippen molar-refractivity contribution in [2.45, 2.75) is 64.5 Å². The second kappa shape index (κ2) is 11.8. The number of carbonyl (C=O) groups is 2. The van der Waals surface area contributed by atoms with Crippen LogP contribution >= 0.6 is 11.6 Å². The van der Waals surface area contributed by atoms with Crippen LogP contribution in [-0.4, -0.2) is 34.0 Å². The van der Waals surface area contributed by atoms with E-state index in [2.05, 4.69) is 26.0 Å². The zero-order valence-corrected chi connectivity index (χ0v) is 22.3. The van der Waals surface area contributed by atoms with Crippen LogP contribution in [0.1, 0.15) is 65.7 Å². The molecule has 1 heterocycles. The average Bonchev–Trinajstić information content (AvgIpc) is 3.21. The van der Waals surface area contributed by atoms with E-state index in [0.29, 0.717) is 23.6 Å². The molecule has 0 aliphatic carbocycles. The van der Waals surface area contributed by atoms with Gasteiger partial charge in [-0.2, -0.15) is 0 Å². The highest BCUT2D eigenvalue weighted by molar-refractivity contribution is 6.30. The van der Waals surface area contributed by atoms with Gasteiger partial charge in [0.05, 0.1) is 6.42 Å². The molecule has 6 heteroatoms. The van der Waals surface area contributed by atoms with E-state index in [-0.39, 0.29) is 18.9 Å². The van der Waals surface area contributed by atoms with Gasteiger partial charge in [-0.3, -0.25) is 9.59 Å². The molecule has 1 aliphatic rings. The summed E-state index contributed by atoms with van der Waals surface area (Å²) in [6.45, 7) is 4.76. The van der Waals surface area contributed by atoms with Gasteiger partial charge >= 0.3 is 5.97 Å². The van der Waals surface area contributed by atoms with Gasteiger partial charge in [0.25, 0.3) is 5.91 Å². The van der Waals surface area contributed by atoms with Gasteiger partial charge in [-0.05, 0) is 72.4 Å². The number of benzene rings is 3. The highest BCUT2D eigenvalue weighted by Crippen LogP contribution is 2.38. The number of aliphatic carboxylic acids is 1. The number of carboxylic acids is 1. The standard InChI is InChI=1S/C31H34ClNO4/c1-3-4-5-22-6-8-24(9-7-22)21-33(17-16-29(34)35)30(36)25-12-15-28-26(18-25)20-31(2,37-28)19-23-10-13-27(32)14-11-23/h6-15,18H,3-5,16-17,19-21H2,1-2H3,(H,34,35)/t31-/m0/s1. The largest absolute Gasteiger partial charge is 0.487 e. The first-order chi connectivity index (χ1) is 17.7. The van der Waals surface area contributed by atoms with E-state index in [1.54, 1.807) is 11.0 Å². The number of halogens is 1.